The molecule has 29 heavy (non-hydrogen) atoms. The van der Waals surface area contributed by atoms with Crippen molar-refractivity contribution >= 4 is 22.4 Å². The predicted molar refractivity (Wildman–Crippen MR) is 113 cm³/mol. The van der Waals surface area contributed by atoms with Gasteiger partial charge in [0.05, 0.1) is 19.8 Å². The van der Waals surface area contributed by atoms with Crippen LogP contribution in [0.15, 0.2) is 52.8 Å². The second-order valence-electron chi connectivity index (χ2n) is 6.84. The van der Waals surface area contributed by atoms with Crippen molar-refractivity contribution < 1.29 is 9.47 Å². The predicted octanol–water partition coefficient (Wildman–Crippen LogP) is 3.28. The minimum absolute atomic E-state index is 0.460. The normalized spacial score (nSPS) is 14.7. The lowest BCUT2D eigenvalue weighted by Crippen LogP contribution is -2.36. The van der Waals surface area contributed by atoms with Gasteiger partial charge in [-0.1, -0.05) is 18.2 Å². The zero-order chi connectivity index (χ0) is 19.9. The molecule has 0 radical (unpaired) electrons. The van der Waals surface area contributed by atoms with E-state index in [1.807, 2.05) is 43.6 Å². The van der Waals surface area contributed by atoms with Gasteiger partial charge in [-0.2, -0.15) is 15.2 Å². The summed E-state index contributed by atoms with van der Waals surface area (Å²) < 4.78 is 11.3. The number of azo groups is 1. The molecule has 1 aromatic carbocycles. The summed E-state index contributed by atoms with van der Waals surface area (Å²) in [5, 5.41) is 13.0. The molecule has 4 rings (SSSR count). The lowest BCUT2D eigenvalue weighted by atomic mass is 10.2. The first-order chi connectivity index (χ1) is 14.3. The second kappa shape index (κ2) is 9.49. The van der Waals surface area contributed by atoms with Crippen LogP contribution in [-0.2, 0) is 11.3 Å². The zero-order valence-electron chi connectivity index (χ0n) is 16.6. The Morgan fingerprint density at radius 1 is 1.24 bits per heavy atom. The van der Waals surface area contributed by atoms with Gasteiger partial charge >= 0.3 is 0 Å². The number of H-pyrrole nitrogens is 1. The van der Waals surface area contributed by atoms with Crippen LogP contribution < -0.4 is 15.0 Å². The highest BCUT2D eigenvalue weighted by molar-refractivity contribution is 5.90. The number of nitrogens with one attached hydrogen (secondary N) is 2. The molecular weight excluding hydrogens is 368 g/mol. The van der Waals surface area contributed by atoms with Crippen molar-refractivity contribution in [1.29, 1.82) is 0 Å². The topological polar surface area (TPSA) is 87.1 Å². The largest absolute Gasteiger partial charge is 0.476 e. The standard InChI is InChI=1S/C21H26N6O2/c1-22-6-9-29-21-13-16(12-20(25-21)27-7-10-28-11-8-27)14-24-26-19-15-23-18-5-3-2-4-17(18)19/h2-5,12-13,15,22-23H,6-11,14H2,1H3. The Kier molecular flexibility index (Phi) is 6.33. The van der Waals surface area contributed by atoms with Crippen LogP contribution in [0.3, 0.4) is 0 Å². The summed E-state index contributed by atoms with van der Waals surface area (Å²) in [7, 11) is 1.90. The molecule has 2 N–H and O–H groups in total. The Hall–Kier alpha value is -2.97. The number of fused-ring (bicyclic) bond motifs is 1. The zero-order valence-corrected chi connectivity index (χ0v) is 16.6. The lowest BCUT2D eigenvalue weighted by molar-refractivity contribution is 0.122. The maximum Gasteiger partial charge on any atom is 0.215 e. The molecule has 0 bridgehead atoms. The maximum atomic E-state index is 5.82. The van der Waals surface area contributed by atoms with E-state index >= 15 is 0 Å². The first-order valence-corrected chi connectivity index (χ1v) is 9.88. The van der Waals surface area contributed by atoms with E-state index in [4.69, 9.17) is 9.47 Å². The number of anilines is 1. The van der Waals surface area contributed by atoms with Crippen LogP contribution in [0, 0.1) is 0 Å². The van der Waals surface area contributed by atoms with Crippen LogP contribution in [0.2, 0.25) is 0 Å². The van der Waals surface area contributed by atoms with E-state index in [9.17, 15) is 0 Å². The molecule has 0 atom stereocenters. The van der Waals surface area contributed by atoms with Gasteiger partial charge in [0.15, 0.2) is 0 Å². The number of aromatic nitrogens is 2. The molecule has 8 heteroatoms. The van der Waals surface area contributed by atoms with Gasteiger partial charge in [0, 0.05) is 42.8 Å². The van der Waals surface area contributed by atoms with E-state index in [2.05, 4.69) is 36.5 Å². The highest BCUT2D eigenvalue weighted by Crippen LogP contribution is 2.26. The van der Waals surface area contributed by atoms with Gasteiger partial charge in [-0.25, -0.2) is 0 Å². The number of aromatic amines is 1. The molecule has 8 nitrogen and oxygen atoms in total. The SMILES string of the molecule is CNCCOc1cc(CN=Nc2c[nH]c3ccccc23)cc(N2CCOCC2)n1. The summed E-state index contributed by atoms with van der Waals surface area (Å²) in [5.41, 5.74) is 2.92. The number of ether oxygens (including phenoxy) is 2. The van der Waals surface area contributed by atoms with Crippen LogP contribution >= 0.6 is 0 Å². The molecule has 0 aliphatic carbocycles. The summed E-state index contributed by atoms with van der Waals surface area (Å²) in [6.45, 7) is 4.85. The van der Waals surface area contributed by atoms with Crippen molar-refractivity contribution in [3.8, 4) is 5.88 Å². The molecule has 3 aromatic rings. The molecule has 1 saturated heterocycles. The molecule has 0 amide bonds. The molecule has 0 saturated carbocycles. The van der Waals surface area contributed by atoms with Crippen molar-refractivity contribution in [2.24, 2.45) is 10.2 Å². The van der Waals surface area contributed by atoms with Crippen LogP contribution in [0.25, 0.3) is 10.9 Å². The average molecular weight is 394 g/mol. The maximum absolute atomic E-state index is 5.82. The van der Waals surface area contributed by atoms with E-state index in [0.29, 0.717) is 32.2 Å². The molecule has 2 aromatic heterocycles. The third-order valence-corrected chi connectivity index (χ3v) is 4.78. The summed E-state index contributed by atoms with van der Waals surface area (Å²) in [4.78, 5) is 10.1. The molecule has 1 aliphatic rings. The van der Waals surface area contributed by atoms with Crippen molar-refractivity contribution in [2.75, 3.05) is 51.4 Å². The number of hydrogen-bond acceptors (Lipinski definition) is 7. The summed E-state index contributed by atoms with van der Waals surface area (Å²) in [5.74, 6) is 1.51. The number of likely N-dealkylation sites (N-methyl/N-ethyl adjacent to an activating group) is 1. The monoisotopic (exact) mass is 394 g/mol. The molecule has 0 spiro atoms. The minimum atomic E-state index is 0.460. The Balaban J connectivity index is 1.52. The Bertz CT molecular complexity index is 965. The fourth-order valence-corrected chi connectivity index (χ4v) is 3.25. The van der Waals surface area contributed by atoms with Crippen LogP contribution in [0.1, 0.15) is 5.56 Å². The number of pyridine rings is 1. The number of hydrogen-bond donors (Lipinski definition) is 2. The smallest absolute Gasteiger partial charge is 0.215 e. The number of morpholine rings is 1. The Morgan fingerprint density at radius 3 is 2.97 bits per heavy atom. The molecule has 0 unspecified atom stereocenters. The third-order valence-electron chi connectivity index (χ3n) is 4.78. The molecule has 3 heterocycles. The van der Waals surface area contributed by atoms with Crippen LogP contribution in [-0.4, -0.2) is 56.5 Å². The fraction of sp³-hybridized carbons (Fsp3) is 0.381. The fourth-order valence-electron chi connectivity index (χ4n) is 3.25. The Labute approximate surface area is 169 Å². The van der Waals surface area contributed by atoms with Crippen LogP contribution in [0.4, 0.5) is 11.5 Å². The quantitative estimate of drug-likeness (QED) is 0.452. The van der Waals surface area contributed by atoms with Crippen molar-refractivity contribution in [2.45, 2.75) is 6.54 Å². The summed E-state index contributed by atoms with van der Waals surface area (Å²) >= 11 is 0. The van der Waals surface area contributed by atoms with Gasteiger partial charge in [-0.05, 0) is 24.7 Å². The highest BCUT2D eigenvalue weighted by Gasteiger charge is 2.15. The molecule has 1 aliphatic heterocycles. The first-order valence-electron chi connectivity index (χ1n) is 9.88. The molecule has 1 fully saturated rings. The van der Waals surface area contributed by atoms with E-state index < -0.39 is 0 Å². The molecular formula is C21H26N6O2. The number of rotatable bonds is 8. The summed E-state index contributed by atoms with van der Waals surface area (Å²) in [6, 6.07) is 12.1. The van der Waals surface area contributed by atoms with E-state index in [1.165, 1.54) is 0 Å². The second-order valence-corrected chi connectivity index (χ2v) is 6.84. The van der Waals surface area contributed by atoms with Gasteiger partial charge in [-0.15, -0.1) is 0 Å². The van der Waals surface area contributed by atoms with Crippen molar-refractivity contribution in [3.05, 3.63) is 48.2 Å². The van der Waals surface area contributed by atoms with Crippen molar-refractivity contribution in [3.63, 3.8) is 0 Å². The number of para-hydroxylation sites is 1. The molecule has 152 valence electrons. The van der Waals surface area contributed by atoms with Gasteiger partial charge in [-0.3, -0.25) is 0 Å². The van der Waals surface area contributed by atoms with Gasteiger partial charge in [0.25, 0.3) is 0 Å². The Morgan fingerprint density at radius 2 is 2.10 bits per heavy atom. The van der Waals surface area contributed by atoms with Gasteiger partial charge in [0.2, 0.25) is 5.88 Å². The van der Waals surface area contributed by atoms with Gasteiger partial charge < -0.3 is 24.7 Å². The van der Waals surface area contributed by atoms with E-state index in [1.54, 1.807) is 0 Å². The minimum Gasteiger partial charge on any atom is -0.476 e. The average Bonchev–Trinajstić information content (AvgIpc) is 3.18. The van der Waals surface area contributed by atoms with Crippen molar-refractivity contribution in [1.82, 2.24) is 15.3 Å². The highest BCUT2D eigenvalue weighted by atomic mass is 16.5. The van der Waals surface area contributed by atoms with E-state index in [0.717, 1.165) is 47.6 Å². The number of benzene rings is 1. The lowest BCUT2D eigenvalue weighted by Gasteiger charge is -2.28. The number of nitrogens with zero attached hydrogens (tertiary/aromatic N) is 4. The van der Waals surface area contributed by atoms with Crippen LogP contribution in [0.5, 0.6) is 5.88 Å². The summed E-state index contributed by atoms with van der Waals surface area (Å²) in [6.07, 6.45) is 1.88. The third kappa shape index (κ3) is 4.90. The van der Waals surface area contributed by atoms with E-state index in [-0.39, 0.29) is 0 Å². The van der Waals surface area contributed by atoms with Gasteiger partial charge in [0.1, 0.15) is 18.1 Å². The first kappa shape index (κ1) is 19.4.